The molecule has 0 saturated heterocycles. The molecule has 0 aromatic heterocycles. The van der Waals surface area contributed by atoms with Gasteiger partial charge in [0, 0.05) is 30.6 Å². The minimum absolute atomic E-state index is 0.0145. The number of benzene rings is 2. The van der Waals surface area contributed by atoms with Gasteiger partial charge in [0.2, 0.25) is 10.0 Å². The minimum Gasteiger partial charge on any atom is -0.490 e. The number of methoxy groups -OCH3 is 1. The molecule has 0 radical (unpaired) electrons. The van der Waals surface area contributed by atoms with Crippen molar-refractivity contribution in [2.75, 3.05) is 31.7 Å². The van der Waals surface area contributed by atoms with Crippen molar-refractivity contribution < 1.29 is 27.8 Å². The number of rotatable bonds is 9. The van der Waals surface area contributed by atoms with E-state index in [0.29, 0.717) is 24.9 Å². The molecule has 10 heteroatoms. The molecule has 6 atom stereocenters. The van der Waals surface area contributed by atoms with E-state index in [1.165, 1.54) is 16.7 Å². The molecular formula is C33H41ClN2O6S. The zero-order chi connectivity index (χ0) is 30.5. The Labute approximate surface area is 259 Å². The molecule has 6 rings (SSSR count). The second-order valence-electron chi connectivity index (χ2n) is 13.1. The molecular weight excluding hydrogens is 588 g/mol. The van der Waals surface area contributed by atoms with Crippen LogP contribution in [-0.4, -0.2) is 57.7 Å². The van der Waals surface area contributed by atoms with Crippen LogP contribution >= 0.6 is 11.6 Å². The number of halogens is 1. The second kappa shape index (κ2) is 11.7. The molecule has 1 heterocycles. The molecule has 1 aliphatic heterocycles. The van der Waals surface area contributed by atoms with Gasteiger partial charge in [-0.3, -0.25) is 0 Å². The van der Waals surface area contributed by atoms with Crippen LogP contribution in [0.4, 0.5) is 5.69 Å². The first kappa shape index (κ1) is 30.4. The number of allylic oxidation sites excluding steroid dienone is 1. The van der Waals surface area contributed by atoms with Gasteiger partial charge in [-0.25, -0.2) is 18.4 Å². The highest BCUT2D eigenvalue weighted by molar-refractivity contribution is 7.89. The van der Waals surface area contributed by atoms with Gasteiger partial charge >= 0.3 is 5.97 Å². The maximum absolute atomic E-state index is 12.0. The number of primary sulfonamides is 1. The summed E-state index contributed by atoms with van der Waals surface area (Å²) in [4.78, 5) is 14.3. The summed E-state index contributed by atoms with van der Waals surface area (Å²) in [5.74, 6) is 0.650. The Balaban J connectivity index is 1.26. The zero-order valence-electron chi connectivity index (χ0n) is 24.8. The van der Waals surface area contributed by atoms with Crippen molar-refractivity contribution in [1.82, 2.24) is 0 Å². The van der Waals surface area contributed by atoms with Crippen LogP contribution in [0, 0.1) is 17.8 Å². The van der Waals surface area contributed by atoms with Crippen LogP contribution in [0.25, 0.3) is 0 Å². The van der Waals surface area contributed by atoms with Gasteiger partial charge in [-0.1, -0.05) is 23.7 Å². The fourth-order valence-corrected chi connectivity index (χ4v) is 8.56. The van der Waals surface area contributed by atoms with Crippen molar-refractivity contribution in [2.45, 2.75) is 68.6 Å². The van der Waals surface area contributed by atoms with E-state index in [0.717, 1.165) is 68.1 Å². The van der Waals surface area contributed by atoms with Crippen molar-refractivity contribution in [3.05, 3.63) is 69.8 Å². The van der Waals surface area contributed by atoms with Crippen molar-refractivity contribution in [2.24, 2.45) is 22.9 Å². The number of fused-ring (bicyclic) bond motifs is 3. The van der Waals surface area contributed by atoms with Gasteiger partial charge in [0.15, 0.2) is 0 Å². The molecule has 0 unspecified atom stereocenters. The smallest absolute Gasteiger partial charge is 0.335 e. The monoisotopic (exact) mass is 628 g/mol. The summed E-state index contributed by atoms with van der Waals surface area (Å²) >= 11 is 6.39. The van der Waals surface area contributed by atoms with Crippen LogP contribution in [0.15, 0.2) is 48.0 Å². The summed E-state index contributed by atoms with van der Waals surface area (Å²) in [5, 5.41) is 15.3. The average Bonchev–Trinajstić information content (AvgIpc) is 3.07. The molecule has 0 amide bonds. The third kappa shape index (κ3) is 5.93. The summed E-state index contributed by atoms with van der Waals surface area (Å²) in [6, 6.07) is 11.4. The van der Waals surface area contributed by atoms with E-state index in [1.54, 1.807) is 32.2 Å². The molecule has 2 aromatic rings. The lowest BCUT2D eigenvalue weighted by molar-refractivity contribution is 0.000417. The summed E-state index contributed by atoms with van der Waals surface area (Å²) < 4.78 is 36.0. The van der Waals surface area contributed by atoms with Crippen LogP contribution in [0.2, 0.25) is 5.02 Å². The highest BCUT2D eigenvalue weighted by Crippen LogP contribution is 2.48. The molecule has 3 N–H and O–H groups in total. The van der Waals surface area contributed by atoms with E-state index in [-0.39, 0.29) is 23.0 Å². The molecule has 43 heavy (non-hydrogen) atoms. The van der Waals surface area contributed by atoms with Crippen molar-refractivity contribution >= 4 is 33.3 Å². The molecule has 4 aliphatic rings. The van der Waals surface area contributed by atoms with E-state index < -0.39 is 21.2 Å². The van der Waals surface area contributed by atoms with Crippen LogP contribution in [0.3, 0.4) is 0 Å². The van der Waals surface area contributed by atoms with Crippen LogP contribution < -0.4 is 14.8 Å². The Morgan fingerprint density at radius 2 is 2.05 bits per heavy atom. The standard InChI is InChI=1S/C33H41ClN2O6S/c1-20(43(35,39)40)12-21-13-25(14-21)31(41-2)27-8-5-24(27)17-36-18-33(11-3-4-22-15-26(34)7-9-28(22)33)19-42-30-10-6-23(32(37)38)16-29(30)36/h6-7,9-10,13,15-16,20-21,24,27,31H,3-5,8,11-12,14,17-19H2,1-2H3,(H,37,38)(H2,35,39,40)/t20-,21+,24-,27+,31-,33-/m0/s1. The molecule has 0 bridgehead atoms. The Morgan fingerprint density at radius 1 is 1.26 bits per heavy atom. The zero-order valence-corrected chi connectivity index (χ0v) is 26.4. The van der Waals surface area contributed by atoms with Crippen LogP contribution in [0.5, 0.6) is 5.75 Å². The van der Waals surface area contributed by atoms with Crippen molar-refractivity contribution in [3.63, 3.8) is 0 Å². The number of aryl methyl sites for hydroxylation is 1. The minimum atomic E-state index is -3.54. The maximum atomic E-state index is 12.0. The quantitative estimate of drug-likeness (QED) is 0.349. The number of sulfonamides is 1. The molecule has 1 saturated carbocycles. The van der Waals surface area contributed by atoms with Gasteiger partial charge in [0.25, 0.3) is 0 Å². The number of nitrogens with zero attached hydrogens (tertiary/aromatic N) is 1. The lowest BCUT2D eigenvalue weighted by Crippen LogP contribution is -2.50. The number of aromatic carboxylic acids is 1. The topological polar surface area (TPSA) is 119 Å². The normalized spacial score (nSPS) is 27.9. The molecule has 232 valence electrons. The van der Waals surface area contributed by atoms with E-state index in [2.05, 4.69) is 23.1 Å². The van der Waals surface area contributed by atoms with E-state index in [1.807, 2.05) is 6.07 Å². The predicted molar refractivity (Wildman–Crippen MR) is 168 cm³/mol. The fraction of sp³-hybridized carbons (Fsp3) is 0.545. The van der Waals surface area contributed by atoms with Gasteiger partial charge in [-0.15, -0.1) is 0 Å². The SMILES string of the molecule is CO[C@@H](C1=C[C@@H](C[C@H](C)S(N)(=O)=O)C1)[C@@H]1CC[C@H]1CN1C[C@@]2(CCCc3cc(Cl)ccc32)COc2ccc(C(=O)O)cc21. The van der Waals surface area contributed by atoms with Crippen molar-refractivity contribution in [3.8, 4) is 5.75 Å². The Hall–Kier alpha value is -2.59. The summed E-state index contributed by atoms with van der Waals surface area (Å²) in [7, 11) is -1.78. The van der Waals surface area contributed by atoms with Gasteiger partial charge in [-0.2, -0.15) is 0 Å². The Bertz CT molecular complexity index is 1540. The van der Waals surface area contributed by atoms with Crippen LogP contribution in [-0.2, 0) is 26.6 Å². The molecule has 2 aromatic carbocycles. The van der Waals surface area contributed by atoms with Gasteiger partial charge < -0.3 is 19.5 Å². The maximum Gasteiger partial charge on any atom is 0.335 e. The molecule has 1 spiro atoms. The number of anilines is 1. The third-order valence-corrected chi connectivity index (χ3v) is 11.9. The number of carboxylic acid groups (broad SMARTS) is 1. The molecule has 3 aliphatic carbocycles. The number of ether oxygens (including phenoxy) is 2. The van der Waals surface area contributed by atoms with E-state index in [9.17, 15) is 18.3 Å². The lowest BCUT2D eigenvalue weighted by Gasteiger charge is -2.48. The number of carboxylic acids is 1. The number of carbonyl (C=O) groups is 1. The highest BCUT2D eigenvalue weighted by atomic mass is 35.5. The lowest BCUT2D eigenvalue weighted by atomic mass is 9.65. The molecule has 8 nitrogen and oxygen atoms in total. The second-order valence-corrected chi connectivity index (χ2v) is 15.5. The number of hydrogen-bond donors (Lipinski definition) is 2. The summed E-state index contributed by atoms with van der Waals surface area (Å²) in [6.45, 7) is 3.70. The fourth-order valence-electron chi connectivity index (χ4n) is 7.85. The predicted octanol–water partition coefficient (Wildman–Crippen LogP) is 5.57. The van der Waals surface area contributed by atoms with Gasteiger partial charge in [-0.05, 0) is 117 Å². The molecule has 1 fully saturated rings. The first-order valence-corrected chi connectivity index (χ1v) is 17.2. The Kier molecular flexibility index (Phi) is 8.30. The van der Waals surface area contributed by atoms with Crippen LogP contribution in [0.1, 0.15) is 66.9 Å². The summed E-state index contributed by atoms with van der Waals surface area (Å²) in [5.41, 5.74) is 4.63. The first-order chi connectivity index (χ1) is 20.5. The highest BCUT2D eigenvalue weighted by Gasteiger charge is 2.46. The van der Waals surface area contributed by atoms with E-state index >= 15 is 0 Å². The number of nitrogens with two attached hydrogens (primary N) is 1. The summed E-state index contributed by atoms with van der Waals surface area (Å²) in [6.07, 6.45) is 8.64. The average molecular weight is 629 g/mol. The first-order valence-electron chi connectivity index (χ1n) is 15.3. The Morgan fingerprint density at radius 3 is 2.72 bits per heavy atom. The third-order valence-electron chi connectivity index (χ3n) is 10.4. The van der Waals surface area contributed by atoms with Crippen molar-refractivity contribution in [1.29, 1.82) is 0 Å². The number of hydrogen-bond acceptors (Lipinski definition) is 6. The van der Waals surface area contributed by atoms with Gasteiger partial charge in [0.1, 0.15) is 5.75 Å². The largest absolute Gasteiger partial charge is 0.490 e. The van der Waals surface area contributed by atoms with E-state index in [4.69, 9.17) is 26.2 Å². The van der Waals surface area contributed by atoms with Gasteiger partial charge in [0.05, 0.1) is 29.2 Å².